The first-order valence-corrected chi connectivity index (χ1v) is 30.7. The van der Waals surface area contributed by atoms with Crippen LogP contribution in [-0.4, -0.2) is 252 Å². The van der Waals surface area contributed by atoms with Gasteiger partial charge >= 0.3 is 11.9 Å². The first kappa shape index (κ1) is 66.5. The molecular weight excluding hydrogens is 1140 g/mol. The fourth-order valence-electron chi connectivity index (χ4n) is 17.3. The summed E-state index contributed by atoms with van der Waals surface area (Å²) in [6, 6.07) is 0. The maximum atomic E-state index is 15.2. The molecule has 0 amide bonds. The maximum Gasteiger partial charge on any atom is 0.315 e. The summed E-state index contributed by atoms with van der Waals surface area (Å²) in [6.45, 7) is 18.5. The molecule has 0 bridgehead atoms. The van der Waals surface area contributed by atoms with Gasteiger partial charge in [-0.15, -0.1) is 0 Å². The van der Waals surface area contributed by atoms with Crippen molar-refractivity contribution in [3.63, 3.8) is 0 Å². The molecule has 10 rings (SSSR count). The number of hydrogen-bond donors (Lipinski definition) is 13. The zero-order chi connectivity index (χ0) is 62.7. The van der Waals surface area contributed by atoms with Gasteiger partial charge < -0.3 is 118 Å². The molecule has 0 unspecified atom stereocenters. The van der Waals surface area contributed by atoms with Crippen LogP contribution in [0.4, 0.5) is 0 Å². The monoisotopic (exact) mass is 1230 g/mol. The number of carbonyl (C=O) groups is 2. The van der Waals surface area contributed by atoms with Gasteiger partial charge in [-0.1, -0.05) is 58.4 Å². The zero-order valence-corrected chi connectivity index (χ0v) is 50.3. The van der Waals surface area contributed by atoms with Gasteiger partial charge in [0.25, 0.3) is 0 Å². The molecule has 13 N–H and O–H groups in total. The van der Waals surface area contributed by atoms with Gasteiger partial charge in [-0.25, -0.2) is 0 Å². The lowest BCUT2D eigenvalue weighted by Crippen LogP contribution is -2.66. The van der Waals surface area contributed by atoms with E-state index in [0.29, 0.717) is 38.5 Å². The van der Waals surface area contributed by atoms with E-state index in [9.17, 15) is 71.2 Å². The minimum absolute atomic E-state index is 0.153. The number of aliphatic hydroxyl groups excluding tert-OH is 13. The third-order valence-electron chi connectivity index (χ3n) is 22.7. The van der Waals surface area contributed by atoms with Crippen LogP contribution in [0, 0.1) is 44.8 Å². The van der Waals surface area contributed by atoms with Gasteiger partial charge in [-0.05, 0) is 112 Å². The number of esters is 2. The number of aliphatic hydroxyl groups is 13. The number of hydrogen-bond acceptors (Lipinski definition) is 26. The Morgan fingerprint density at radius 2 is 1.19 bits per heavy atom. The van der Waals surface area contributed by atoms with Gasteiger partial charge in [0.15, 0.2) is 25.2 Å². The van der Waals surface area contributed by atoms with E-state index in [-0.39, 0.29) is 46.7 Å². The summed E-state index contributed by atoms with van der Waals surface area (Å²) in [5.74, 6) is -1.36. The Labute approximate surface area is 500 Å². The molecule has 32 atom stereocenters. The van der Waals surface area contributed by atoms with Crippen molar-refractivity contribution in [2.45, 2.75) is 273 Å². The summed E-state index contributed by atoms with van der Waals surface area (Å²) in [6.07, 6.45) is -29.1. The van der Waals surface area contributed by atoms with E-state index in [0.717, 1.165) is 43.8 Å². The van der Waals surface area contributed by atoms with Crippen molar-refractivity contribution in [2.75, 3.05) is 19.8 Å². The Hall–Kier alpha value is -2.46. The van der Waals surface area contributed by atoms with E-state index in [2.05, 4.69) is 47.3 Å². The first-order valence-electron chi connectivity index (χ1n) is 30.7. The first-order chi connectivity index (χ1) is 40.3. The van der Waals surface area contributed by atoms with Gasteiger partial charge in [0.1, 0.15) is 110 Å². The SMILES string of the molecule is C=C1CC[C@]2(C(=O)O[C@@H]3O[C@H](CO[C@@H]4O[C@H](COC(C)=O)[C@H](O[C@@H]5O[C@@H](C)[C@H](O)[C@@H](O)[C@H]5O)[C@@H](O)[C@H]4O)[C@H](O)[C@H](O)[C@H]3O)CC[C@]3(C)C(=CC[C@@H]4[C@@]5(C)CC[C@H](O[C@@H]6OC[C@H](O)[C@H](O)[C@H]6O[C@@H]6O[C@@H](C)[C@H](O)[C@@H](O)[C@H]6O)C(C)(C)[C@@H]5CC[C@]43C)[C@@H]2C1. The molecule has 5 heterocycles. The minimum atomic E-state index is -1.92. The van der Waals surface area contributed by atoms with E-state index in [4.69, 9.17) is 52.1 Å². The van der Waals surface area contributed by atoms with Crippen molar-refractivity contribution in [1.29, 1.82) is 0 Å². The molecule has 0 aromatic rings. The van der Waals surface area contributed by atoms with Gasteiger partial charge in [0.2, 0.25) is 6.29 Å². The Kier molecular flexibility index (Phi) is 19.2. The van der Waals surface area contributed by atoms with Crippen molar-refractivity contribution in [3.05, 3.63) is 23.8 Å². The topological polar surface area (TPSA) is 399 Å². The summed E-state index contributed by atoms with van der Waals surface area (Å²) in [7, 11) is 0. The fourth-order valence-corrected chi connectivity index (χ4v) is 17.3. The summed E-state index contributed by atoms with van der Waals surface area (Å²) >= 11 is 0. The number of carbonyl (C=O) groups excluding carboxylic acids is 2. The lowest BCUT2D eigenvalue weighted by Gasteiger charge is -2.71. The van der Waals surface area contributed by atoms with Crippen LogP contribution in [0.5, 0.6) is 0 Å². The fraction of sp³-hybridized carbons (Fsp3) is 0.900. The molecule has 26 nitrogen and oxygen atoms in total. The van der Waals surface area contributed by atoms with Crippen LogP contribution in [0.25, 0.3) is 0 Å². The highest BCUT2D eigenvalue weighted by Crippen LogP contribution is 2.75. The number of fused-ring (bicyclic) bond motifs is 7. The van der Waals surface area contributed by atoms with Crippen LogP contribution in [0.2, 0.25) is 0 Å². The minimum Gasteiger partial charge on any atom is -0.463 e. The van der Waals surface area contributed by atoms with Gasteiger partial charge in [-0.3, -0.25) is 9.59 Å². The second kappa shape index (κ2) is 24.9. The number of rotatable bonds is 13. The Bertz CT molecular complexity index is 2470. The van der Waals surface area contributed by atoms with Gasteiger partial charge in [-0.2, -0.15) is 0 Å². The van der Waals surface area contributed by atoms with Gasteiger partial charge in [0.05, 0.1) is 36.9 Å². The highest BCUT2D eigenvalue weighted by atomic mass is 16.8. The lowest BCUT2D eigenvalue weighted by atomic mass is 9.34. The molecule has 9 fully saturated rings. The molecule has 10 aliphatic rings. The highest BCUT2D eigenvalue weighted by molar-refractivity contribution is 5.79. The molecule has 86 heavy (non-hydrogen) atoms. The second-order valence-corrected chi connectivity index (χ2v) is 27.8. The van der Waals surface area contributed by atoms with E-state index in [1.54, 1.807) is 0 Å². The molecule has 490 valence electrons. The van der Waals surface area contributed by atoms with Crippen LogP contribution in [0.1, 0.15) is 120 Å². The van der Waals surface area contributed by atoms with Crippen LogP contribution >= 0.6 is 0 Å². The Morgan fingerprint density at radius 3 is 1.83 bits per heavy atom. The molecule has 5 aliphatic heterocycles. The van der Waals surface area contributed by atoms with Crippen molar-refractivity contribution >= 4 is 11.9 Å². The molecule has 5 saturated heterocycles. The number of allylic oxidation sites excluding steroid dienone is 3. The summed E-state index contributed by atoms with van der Waals surface area (Å²) in [4.78, 5) is 27.1. The van der Waals surface area contributed by atoms with E-state index >= 15 is 4.79 Å². The smallest absolute Gasteiger partial charge is 0.315 e. The predicted molar refractivity (Wildman–Crippen MR) is 292 cm³/mol. The average Bonchev–Trinajstić information content (AvgIpc) is 0.686. The van der Waals surface area contributed by atoms with Crippen LogP contribution < -0.4 is 0 Å². The van der Waals surface area contributed by atoms with E-state index < -0.39 is 183 Å². The summed E-state index contributed by atoms with van der Waals surface area (Å²) < 4.78 is 65.1. The normalized spacial score (nSPS) is 52.9. The van der Waals surface area contributed by atoms with Crippen LogP contribution in [0.15, 0.2) is 23.8 Å². The molecule has 4 saturated carbocycles. The second-order valence-electron chi connectivity index (χ2n) is 27.8. The largest absolute Gasteiger partial charge is 0.463 e. The quantitative estimate of drug-likeness (QED) is 0.0572. The molecular formula is C60H94O26. The molecule has 0 aromatic carbocycles. The third-order valence-corrected chi connectivity index (χ3v) is 22.7. The highest BCUT2D eigenvalue weighted by Gasteiger charge is 2.70. The molecule has 5 aliphatic carbocycles. The Balaban J connectivity index is 0.821. The van der Waals surface area contributed by atoms with Crippen molar-refractivity contribution < 1.29 is 128 Å². The lowest BCUT2D eigenvalue weighted by molar-refractivity contribution is -0.364. The van der Waals surface area contributed by atoms with Crippen molar-refractivity contribution in [2.24, 2.45) is 44.8 Å². The number of ether oxygens (including phenoxy) is 11. The molecule has 0 aromatic heterocycles. The van der Waals surface area contributed by atoms with Crippen molar-refractivity contribution in [1.82, 2.24) is 0 Å². The third kappa shape index (κ3) is 11.4. The summed E-state index contributed by atoms with van der Waals surface area (Å²) in [5, 5.41) is 141. The standard InChI is InChI=1S/C60H94O26/c1-24-12-17-60(55(75)86-53-46(73)42(69)39(66)31(81-53)22-78-50-47(74)43(70)48(32(82-50)23-76-27(4)61)84-51-44(71)40(67)36(63)25(2)79-51)19-18-58(8)28(29(60)20-24)10-11-34-57(7)15-14-35(56(5,6)33(57)13-16-59(34,58)9)83-54-49(38(65)30(62)21-77-54)85-52-45(72)41(68)37(64)26(3)80-52/h10,25-26,29-54,62-74H,1,11-23H2,2-9H3/t25-,26-,29-,30-,31+,32+,33-,34+,35-,36-,37-,38-,39-,40+,41+,42-,43-,44+,45+,46+,47+,48-,49+,50+,51-,52-,53-,54-,57-,58+,59+,60-/m0/s1. The Morgan fingerprint density at radius 1 is 0.593 bits per heavy atom. The maximum absolute atomic E-state index is 15.2. The molecule has 26 heteroatoms. The van der Waals surface area contributed by atoms with Crippen LogP contribution in [0.3, 0.4) is 0 Å². The predicted octanol–water partition coefficient (Wildman–Crippen LogP) is -1.42. The van der Waals surface area contributed by atoms with Gasteiger partial charge in [0, 0.05) is 12.8 Å². The van der Waals surface area contributed by atoms with Crippen LogP contribution in [-0.2, 0) is 61.7 Å². The van der Waals surface area contributed by atoms with Crippen molar-refractivity contribution in [3.8, 4) is 0 Å². The average molecular weight is 1230 g/mol. The zero-order valence-electron chi connectivity index (χ0n) is 50.3. The van der Waals surface area contributed by atoms with E-state index in [1.165, 1.54) is 13.8 Å². The summed E-state index contributed by atoms with van der Waals surface area (Å²) in [5.41, 5.74) is -0.190. The molecule has 0 radical (unpaired) electrons. The van der Waals surface area contributed by atoms with E-state index in [1.807, 2.05) is 0 Å². The molecule has 0 spiro atoms.